The number of aromatic amines is 2. The van der Waals surface area contributed by atoms with Gasteiger partial charge in [0.25, 0.3) is 11.5 Å². The van der Waals surface area contributed by atoms with Gasteiger partial charge in [-0.3, -0.25) is 19.4 Å². The fourth-order valence-electron chi connectivity index (χ4n) is 3.37. The molecule has 0 radical (unpaired) electrons. The first-order valence-corrected chi connectivity index (χ1v) is 8.36. The number of carbonyl (C=O) groups excluding carboxylic acids is 1. The Bertz CT molecular complexity index is 1180. The molecular formula is C19H19N5O2. The Balaban J connectivity index is 1.64. The summed E-state index contributed by atoms with van der Waals surface area (Å²) >= 11 is 0. The summed E-state index contributed by atoms with van der Waals surface area (Å²) in [5.41, 5.74) is 4.37. The molecule has 0 aliphatic rings. The Labute approximate surface area is 149 Å². The van der Waals surface area contributed by atoms with Crippen molar-refractivity contribution in [2.24, 2.45) is 7.05 Å². The van der Waals surface area contributed by atoms with Crippen LogP contribution in [-0.4, -0.2) is 25.7 Å². The number of rotatable bonds is 3. The lowest BCUT2D eigenvalue weighted by atomic mass is 10.0. The number of nitrogens with one attached hydrogen (secondary N) is 3. The van der Waals surface area contributed by atoms with Crippen LogP contribution < -0.4 is 10.9 Å². The van der Waals surface area contributed by atoms with Gasteiger partial charge < -0.3 is 10.3 Å². The van der Waals surface area contributed by atoms with Crippen LogP contribution in [0.4, 0.5) is 0 Å². The van der Waals surface area contributed by atoms with E-state index in [4.69, 9.17) is 0 Å². The highest BCUT2D eigenvalue weighted by molar-refractivity contribution is 5.98. The van der Waals surface area contributed by atoms with Crippen molar-refractivity contribution in [2.45, 2.75) is 20.4 Å². The topological polar surface area (TPSA) is 95.6 Å². The maximum absolute atomic E-state index is 12.5. The van der Waals surface area contributed by atoms with Gasteiger partial charge in [-0.15, -0.1) is 0 Å². The highest BCUT2D eigenvalue weighted by Crippen LogP contribution is 2.20. The Kier molecular flexibility index (Phi) is 3.64. The number of amides is 1. The first-order valence-electron chi connectivity index (χ1n) is 8.36. The predicted molar refractivity (Wildman–Crippen MR) is 100 cm³/mol. The van der Waals surface area contributed by atoms with Crippen molar-refractivity contribution in [3.8, 4) is 0 Å². The Morgan fingerprint density at radius 2 is 2.04 bits per heavy atom. The molecule has 0 fully saturated rings. The third-order valence-electron chi connectivity index (χ3n) is 4.78. The van der Waals surface area contributed by atoms with Crippen LogP contribution in [0.5, 0.6) is 0 Å². The summed E-state index contributed by atoms with van der Waals surface area (Å²) in [7, 11) is 1.76. The summed E-state index contributed by atoms with van der Waals surface area (Å²) in [4.78, 5) is 32.3. The number of hydrogen-bond donors (Lipinski definition) is 3. The third kappa shape index (κ3) is 2.48. The van der Waals surface area contributed by atoms with Crippen LogP contribution in [0.2, 0.25) is 0 Å². The van der Waals surface area contributed by atoms with Gasteiger partial charge >= 0.3 is 0 Å². The molecule has 0 spiro atoms. The molecule has 3 heterocycles. The van der Waals surface area contributed by atoms with E-state index in [1.54, 1.807) is 11.7 Å². The maximum Gasteiger partial charge on any atom is 0.273 e. The molecule has 4 rings (SSSR count). The smallest absolute Gasteiger partial charge is 0.273 e. The van der Waals surface area contributed by atoms with Gasteiger partial charge in [-0.05, 0) is 37.1 Å². The monoisotopic (exact) mass is 349 g/mol. The molecule has 0 atom stereocenters. The summed E-state index contributed by atoms with van der Waals surface area (Å²) < 4.78 is 1.62. The summed E-state index contributed by atoms with van der Waals surface area (Å²) in [6, 6.07) is 9.57. The molecule has 0 unspecified atom stereocenters. The number of aryl methyl sites for hydroxylation is 3. The van der Waals surface area contributed by atoms with Gasteiger partial charge in [-0.1, -0.05) is 18.2 Å². The van der Waals surface area contributed by atoms with Crippen LogP contribution in [0.1, 0.15) is 27.3 Å². The van der Waals surface area contributed by atoms with E-state index in [0.717, 1.165) is 27.7 Å². The van der Waals surface area contributed by atoms with E-state index in [9.17, 15) is 9.59 Å². The number of para-hydroxylation sites is 1. The number of fused-ring (bicyclic) bond motifs is 2. The minimum atomic E-state index is -0.193. The number of H-pyrrole nitrogens is 2. The van der Waals surface area contributed by atoms with Gasteiger partial charge in [0.15, 0.2) is 5.65 Å². The van der Waals surface area contributed by atoms with E-state index in [0.29, 0.717) is 23.3 Å². The number of aromatic nitrogens is 4. The SMILES string of the molecule is Cc1nc2c(c(C)c1CNC(=O)c1cc3ccccc3[nH]1)c(=O)[nH]n2C. The van der Waals surface area contributed by atoms with Crippen molar-refractivity contribution < 1.29 is 4.79 Å². The average Bonchev–Trinajstić information content (AvgIpc) is 3.15. The number of pyridine rings is 1. The molecule has 3 N–H and O–H groups in total. The molecule has 0 aliphatic carbocycles. The molecule has 0 saturated carbocycles. The third-order valence-corrected chi connectivity index (χ3v) is 4.78. The van der Waals surface area contributed by atoms with Crippen molar-refractivity contribution in [3.05, 3.63) is 63.2 Å². The van der Waals surface area contributed by atoms with Crippen molar-refractivity contribution in [2.75, 3.05) is 0 Å². The lowest BCUT2D eigenvalue weighted by molar-refractivity contribution is 0.0946. The van der Waals surface area contributed by atoms with Crippen LogP contribution in [0, 0.1) is 13.8 Å². The zero-order chi connectivity index (χ0) is 18.4. The van der Waals surface area contributed by atoms with Gasteiger partial charge in [0.1, 0.15) is 5.69 Å². The lowest BCUT2D eigenvalue weighted by Gasteiger charge is -2.11. The molecule has 4 aromatic rings. The number of hydrogen-bond acceptors (Lipinski definition) is 3. The molecule has 0 aliphatic heterocycles. The van der Waals surface area contributed by atoms with E-state index >= 15 is 0 Å². The largest absolute Gasteiger partial charge is 0.351 e. The van der Waals surface area contributed by atoms with Gasteiger partial charge in [0.05, 0.1) is 5.39 Å². The highest BCUT2D eigenvalue weighted by Gasteiger charge is 2.16. The lowest BCUT2D eigenvalue weighted by Crippen LogP contribution is -2.24. The molecule has 7 nitrogen and oxygen atoms in total. The second-order valence-corrected chi connectivity index (χ2v) is 6.45. The summed E-state index contributed by atoms with van der Waals surface area (Å²) in [6.45, 7) is 4.08. The van der Waals surface area contributed by atoms with Gasteiger partial charge in [0, 0.05) is 30.2 Å². The van der Waals surface area contributed by atoms with Crippen molar-refractivity contribution in [3.63, 3.8) is 0 Å². The minimum Gasteiger partial charge on any atom is -0.351 e. The first kappa shape index (κ1) is 16.1. The molecule has 0 bridgehead atoms. The second-order valence-electron chi connectivity index (χ2n) is 6.45. The molecular weight excluding hydrogens is 330 g/mol. The Hall–Kier alpha value is -3.35. The minimum absolute atomic E-state index is 0.171. The van der Waals surface area contributed by atoms with Crippen molar-refractivity contribution in [1.29, 1.82) is 0 Å². The molecule has 0 saturated heterocycles. The summed E-state index contributed by atoms with van der Waals surface area (Å²) in [6.07, 6.45) is 0. The molecule has 26 heavy (non-hydrogen) atoms. The van der Waals surface area contributed by atoms with Crippen LogP contribution in [0.15, 0.2) is 35.1 Å². The fraction of sp³-hybridized carbons (Fsp3) is 0.211. The van der Waals surface area contributed by atoms with Gasteiger partial charge in [0.2, 0.25) is 0 Å². The number of nitrogens with zero attached hydrogens (tertiary/aromatic N) is 2. The van der Waals surface area contributed by atoms with Crippen LogP contribution >= 0.6 is 0 Å². The van der Waals surface area contributed by atoms with E-state index < -0.39 is 0 Å². The van der Waals surface area contributed by atoms with E-state index in [2.05, 4.69) is 20.4 Å². The van der Waals surface area contributed by atoms with Crippen molar-refractivity contribution in [1.82, 2.24) is 25.1 Å². The first-order chi connectivity index (χ1) is 12.5. The van der Waals surface area contributed by atoms with Gasteiger partial charge in [-0.25, -0.2) is 4.98 Å². The number of carbonyl (C=O) groups is 1. The zero-order valence-corrected chi connectivity index (χ0v) is 14.8. The van der Waals surface area contributed by atoms with Crippen molar-refractivity contribution >= 4 is 27.8 Å². The van der Waals surface area contributed by atoms with Crippen LogP contribution in [-0.2, 0) is 13.6 Å². The van der Waals surface area contributed by atoms with E-state index in [1.807, 2.05) is 44.2 Å². The average molecular weight is 349 g/mol. The normalized spacial score (nSPS) is 11.3. The van der Waals surface area contributed by atoms with Crippen LogP contribution in [0.3, 0.4) is 0 Å². The summed E-state index contributed by atoms with van der Waals surface area (Å²) in [5.74, 6) is -0.193. The summed E-state index contributed by atoms with van der Waals surface area (Å²) in [5, 5.41) is 7.19. The predicted octanol–water partition coefficient (Wildman–Crippen LogP) is 2.29. The maximum atomic E-state index is 12.5. The highest BCUT2D eigenvalue weighted by atomic mass is 16.2. The zero-order valence-electron chi connectivity index (χ0n) is 14.8. The molecule has 1 aromatic carbocycles. The van der Waals surface area contributed by atoms with Crippen LogP contribution in [0.25, 0.3) is 21.9 Å². The molecule has 3 aromatic heterocycles. The Morgan fingerprint density at radius 1 is 1.27 bits per heavy atom. The standard InChI is InChI=1S/C19H19N5O2/c1-10-13(11(2)21-17-16(10)19(26)23-24(17)3)9-20-18(25)15-8-12-6-4-5-7-14(12)22-15/h4-8,22H,9H2,1-3H3,(H,20,25)(H,23,26). The fourth-order valence-corrected chi connectivity index (χ4v) is 3.37. The quantitative estimate of drug-likeness (QED) is 0.529. The van der Waals surface area contributed by atoms with E-state index in [1.165, 1.54) is 0 Å². The molecule has 1 amide bonds. The second kappa shape index (κ2) is 5.87. The molecule has 7 heteroatoms. The molecule has 132 valence electrons. The van der Waals surface area contributed by atoms with E-state index in [-0.39, 0.29) is 11.5 Å². The number of benzene rings is 1. The van der Waals surface area contributed by atoms with Gasteiger partial charge in [-0.2, -0.15) is 0 Å². The Morgan fingerprint density at radius 3 is 2.81 bits per heavy atom.